The van der Waals surface area contributed by atoms with Gasteiger partial charge in [0.05, 0.1) is 19.4 Å². The Morgan fingerprint density at radius 2 is 1.26 bits per heavy atom. The van der Waals surface area contributed by atoms with Gasteiger partial charge in [-0.1, -0.05) is 0 Å². The molecule has 0 fully saturated rings. The molecule has 0 rings (SSSR count). The standard InChI is InChI=1S/C10H12O9.C6H8O7.C3H6O3/c1-5(12)10(17)18-4-6(3-11)19-8(14)2-7(13)9(15)16;7-3(8)1-6(13,5(11)12)2-4(9)10;1-2(4)3(5)6/h6,11H,2-4H2,1H3,(H,15,16);13H,1-2H2,(H,7,8)(H,9,10)(H,11,12);2,4H,1H3,(H,5,6). The molecule has 0 spiro atoms. The van der Waals surface area contributed by atoms with Gasteiger partial charge >= 0.3 is 41.8 Å². The zero-order valence-corrected chi connectivity index (χ0v) is 19.8. The normalized spacial score (nSPS) is 11.5. The maximum absolute atomic E-state index is 11.1. The molecule has 0 aromatic rings. The molecule has 2 atom stereocenters. The summed E-state index contributed by atoms with van der Waals surface area (Å²) in [5.41, 5.74) is -2.74. The number of hydrogen-bond donors (Lipinski definition) is 8. The van der Waals surface area contributed by atoms with Gasteiger partial charge in [-0.05, 0) is 6.92 Å². The molecule has 0 aromatic carbocycles. The van der Waals surface area contributed by atoms with E-state index in [1.807, 2.05) is 0 Å². The first-order chi connectivity index (χ1) is 17.2. The summed E-state index contributed by atoms with van der Waals surface area (Å²) in [5.74, 6) is -12.6. The lowest BCUT2D eigenvalue weighted by Gasteiger charge is -2.18. The predicted molar refractivity (Wildman–Crippen MR) is 112 cm³/mol. The van der Waals surface area contributed by atoms with E-state index in [4.69, 9.17) is 40.9 Å². The fourth-order valence-corrected chi connectivity index (χ4v) is 1.54. The van der Waals surface area contributed by atoms with E-state index >= 15 is 0 Å². The number of hydrogen-bond acceptors (Lipinski definition) is 14. The van der Waals surface area contributed by atoms with Gasteiger partial charge in [0.15, 0.2) is 11.7 Å². The summed E-state index contributed by atoms with van der Waals surface area (Å²) in [7, 11) is 0. The predicted octanol–water partition coefficient (Wildman–Crippen LogP) is -3.73. The smallest absolute Gasteiger partial charge is 0.374 e. The molecule has 0 bridgehead atoms. The number of carbonyl (C=O) groups is 9. The van der Waals surface area contributed by atoms with Gasteiger partial charge in [0.1, 0.15) is 19.1 Å². The third-order valence-corrected chi connectivity index (χ3v) is 3.38. The highest BCUT2D eigenvalue weighted by Gasteiger charge is 2.40. The zero-order chi connectivity index (χ0) is 30.8. The van der Waals surface area contributed by atoms with Crippen molar-refractivity contribution in [2.24, 2.45) is 0 Å². The van der Waals surface area contributed by atoms with Crippen LogP contribution in [-0.2, 0) is 52.6 Å². The molecule has 0 aliphatic carbocycles. The molecule has 0 radical (unpaired) electrons. The number of ketones is 2. The van der Waals surface area contributed by atoms with E-state index in [9.17, 15) is 43.2 Å². The van der Waals surface area contributed by atoms with Gasteiger partial charge in [-0.3, -0.25) is 24.0 Å². The minimum Gasteiger partial charge on any atom is -0.481 e. The van der Waals surface area contributed by atoms with Crippen LogP contribution < -0.4 is 0 Å². The lowest BCUT2D eigenvalue weighted by Crippen LogP contribution is -2.42. The van der Waals surface area contributed by atoms with Gasteiger partial charge < -0.3 is 50.3 Å². The van der Waals surface area contributed by atoms with Crippen molar-refractivity contribution in [2.75, 3.05) is 13.2 Å². The molecule has 38 heavy (non-hydrogen) atoms. The van der Waals surface area contributed by atoms with Crippen molar-refractivity contribution in [2.45, 2.75) is 50.9 Å². The number of carbonyl (C=O) groups excluding carboxylic acids is 4. The highest BCUT2D eigenvalue weighted by molar-refractivity contribution is 6.35. The number of carboxylic acid groups (broad SMARTS) is 5. The molecular weight excluding hydrogens is 532 g/mol. The molecule has 0 saturated heterocycles. The third-order valence-electron chi connectivity index (χ3n) is 3.38. The lowest BCUT2D eigenvalue weighted by atomic mass is 9.96. The molecule has 0 amide bonds. The van der Waals surface area contributed by atoms with Crippen LogP contribution >= 0.6 is 0 Å². The summed E-state index contributed by atoms with van der Waals surface area (Å²) in [6.07, 6.45) is -5.81. The molecule has 216 valence electrons. The largest absolute Gasteiger partial charge is 0.481 e. The quantitative estimate of drug-likeness (QED) is 0.0576. The molecule has 19 nitrogen and oxygen atoms in total. The summed E-state index contributed by atoms with van der Waals surface area (Å²) in [6.45, 7) is 0.857. The first-order valence-corrected chi connectivity index (χ1v) is 9.74. The van der Waals surface area contributed by atoms with Crippen molar-refractivity contribution in [3.05, 3.63) is 0 Å². The van der Waals surface area contributed by atoms with Crippen LogP contribution in [0.25, 0.3) is 0 Å². The first kappa shape index (κ1) is 38.0. The van der Waals surface area contributed by atoms with Gasteiger partial charge in [-0.2, -0.15) is 0 Å². The van der Waals surface area contributed by atoms with E-state index in [0.717, 1.165) is 6.92 Å². The summed E-state index contributed by atoms with van der Waals surface area (Å²) in [5, 5.41) is 66.6. The SMILES string of the molecule is CC(=O)C(=O)OCC(CO)OC(=O)CC(=O)C(=O)O.CC(O)C(=O)O.O=C(O)CC(O)(CC(=O)O)C(=O)O. The second-order valence-electron chi connectivity index (χ2n) is 6.85. The van der Waals surface area contributed by atoms with Crippen molar-refractivity contribution >= 4 is 53.4 Å². The van der Waals surface area contributed by atoms with Crippen LogP contribution in [0.1, 0.15) is 33.1 Å². The van der Waals surface area contributed by atoms with Crippen LogP contribution in [0.3, 0.4) is 0 Å². The Hall–Kier alpha value is -4.49. The number of carboxylic acids is 5. The Morgan fingerprint density at radius 1 is 0.842 bits per heavy atom. The average molecular weight is 558 g/mol. The summed E-state index contributed by atoms with van der Waals surface area (Å²) in [4.78, 5) is 93.2. The molecular formula is C19H26O19. The van der Waals surface area contributed by atoms with E-state index in [1.165, 1.54) is 6.92 Å². The maximum atomic E-state index is 11.1. The van der Waals surface area contributed by atoms with E-state index in [2.05, 4.69) is 9.47 Å². The molecule has 19 heteroatoms. The fraction of sp³-hybridized carbons (Fsp3) is 0.526. The number of rotatable bonds is 14. The Labute approximate surface area is 211 Å². The molecule has 0 saturated carbocycles. The van der Waals surface area contributed by atoms with Gasteiger partial charge in [-0.25, -0.2) is 19.2 Å². The molecule has 0 aliphatic rings. The number of aliphatic hydroxyl groups is 3. The van der Waals surface area contributed by atoms with Gasteiger partial charge in [0.25, 0.3) is 5.78 Å². The van der Waals surface area contributed by atoms with Crippen molar-refractivity contribution in [3.63, 3.8) is 0 Å². The molecule has 2 unspecified atom stereocenters. The van der Waals surface area contributed by atoms with Crippen LogP contribution in [0.4, 0.5) is 0 Å². The van der Waals surface area contributed by atoms with Gasteiger partial charge in [-0.15, -0.1) is 0 Å². The van der Waals surface area contributed by atoms with Crippen molar-refractivity contribution in [1.29, 1.82) is 0 Å². The molecule has 8 N–H and O–H groups in total. The molecule has 0 heterocycles. The molecule has 0 aliphatic heterocycles. The number of aliphatic carboxylic acids is 5. The average Bonchev–Trinajstić information content (AvgIpc) is 2.75. The van der Waals surface area contributed by atoms with E-state index in [1.54, 1.807) is 0 Å². The molecule has 0 aromatic heterocycles. The van der Waals surface area contributed by atoms with E-state index in [0.29, 0.717) is 0 Å². The Morgan fingerprint density at radius 3 is 1.53 bits per heavy atom. The first-order valence-electron chi connectivity index (χ1n) is 9.74. The summed E-state index contributed by atoms with van der Waals surface area (Å²) >= 11 is 0. The highest BCUT2D eigenvalue weighted by Crippen LogP contribution is 2.15. The zero-order valence-electron chi connectivity index (χ0n) is 19.8. The van der Waals surface area contributed by atoms with Crippen LogP contribution in [0.15, 0.2) is 0 Å². The minimum atomic E-state index is -2.74. The Bertz CT molecular complexity index is 886. The topological polar surface area (TPSA) is 334 Å². The van der Waals surface area contributed by atoms with Crippen molar-refractivity contribution in [3.8, 4) is 0 Å². The van der Waals surface area contributed by atoms with Gasteiger partial charge in [0.2, 0.25) is 5.78 Å². The van der Waals surface area contributed by atoms with Crippen molar-refractivity contribution in [1.82, 2.24) is 0 Å². The summed E-state index contributed by atoms with van der Waals surface area (Å²) in [6, 6.07) is 0. The highest BCUT2D eigenvalue weighted by atomic mass is 16.6. The minimum absolute atomic E-state index is 0.581. The van der Waals surface area contributed by atoms with Crippen LogP contribution in [0.2, 0.25) is 0 Å². The van der Waals surface area contributed by atoms with Crippen LogP contribution in [0.5, 0.6) is 0 Å². The second kappa shape index (κ2) is 18.7. The number of aliphatic hydroxyl groups excluding tert-OH is 2. The van der Waals surface area contributed by atoms with Gasteiger partial charge in [0, 0.05) is 6.92 Å². The Kier molecular flexibility index (Phi) is 18.8. The number of Topliss-reactive ketones (excluding diaryl/α,β-unsaturated/α-hetero) is 2. The summed E-state index contributed by atoms with van der Waals surface area (Å²) < 4.78 is 8.87. The monoisotopic (exact) mass is 558 g/mol. The lowest BCUT2D eigenvalue weighted by molar-refractivity contribution is -0.170. The number of ether oxygens (including phenoxy) is 2. The second-order valence-corrected chi connectivity index (χ2v) is 6.85. The number of esters is 2. The third kappa shape index (κ3) is 19.8. The van der Waals surface area contributed by atoms with E-state index in [-0.39, 0.29) is 0 Å². The maximum Gasteiger partial charge on any atom is 0.374 e. The van der Waals surface area contributed by atoms with Crippen LogP contribution in [-0.4, -0.2) is 125 Å². The van der Waals surface area contributed by atoms with Crippen molar-refractivity contribution < 1.29 is 93.5 Å². The van der Waals surface area contributed by atoms with Crippen LogP contribution in [0, 0.1) is 0 Å². The van der Waals surface area contributed by atoms with E-state index < -0.39 is 104 Å². The Balaban J connectivity index is -0.000000554. The fourth-order valence-electron chi connectivity index (χ4n) is 1.54.